The van der Waals surface area contributed by atoms with Crippen LogP contribution in [0.1, 0.15) is 25.3 Å². The highest BCUT2D eigenvalue weighted by Gasteiger charge is 2.51. The van der Waals surface area contributed by atoms with Crippen LogP contribution < -0.4 is 4.74 Å². The average Bonchev–Trinajstić information content (AvgIpc) is 2.99. The molecule has 1 aliphatic carbocycles. The Morgan fingerprint density at radius 3 is 3.00 bits per heavy atom. The number of benzene rings is 1. The minimum atomic E-state index is -0.600. The van der Waals surface area contributed by atoms with Gasteiger partial charge in [0.25, 0.3) is 0 Å². The molecule has 1 saturated heterocycles. The van der Waals surface area contributed by atoms with Crippen molar-refractivity contribution in [3.63, 3.8) is 0 Å². The minimum Gasteiger partial charge on any atom is -0.504 e. The first-order valence-corrected chi connectivity index (χ1v) is 8.49. The fourth-order valence-electron chi connectivity index (χ4n) is 3.80. The third kappa shape index (κ3) is 3.16. The Kier molecular flexibility index (Phi) is 4.86. The van der Waals surface area contributed by atoms with E-state index in [1.54, 1.807) is 24.3 Å². The quantitative estimate of drug-likeness (QED) is 0.802. The van der Waals surface area contributed by atoms with E-state index in [2.05, 4.69) is 13.5 Å². The monoisotopic (exact) mass is 344 g/mol. The van der Waals surface area contributed by atoms with Crippen LogP contribution in [0.25, 0.3) is 0 Å². The Balaban J connectivity index is 1.85. The zero-order valence-corrected chi connectivity index (χ0v) is 14.7. The molecule has 1 unspecified atom stereocenters. The molecule has 0 aromatic heterocycles. The molecule has 5 nitrogen and oxygen atoms in total. The fourth-order valence-corrected chi connectivity index (χ4v) is 3.80. The first-order chi connectivity index (χ1) is 12.0. The molecule has 1 aliphatic heterocycles. The molecule has 3 rings (SSSR count). The van der Waals surface area contributed by atoms with Crippen LogP contribution in [0.3, 0.4) is 0 Å². The van der Waals surface area contributed by atoms with Gasteiger partial charge in [0.15, 0.2) is 24.1 Å². The van der Waals surface area contributed by atoms with Crippen molar-refractivity contribution in [3.05, 3.63) is 48.3 Å². The van der Waals surface area contributed by atoms with Gasteiger partial charge in [-0.15, -0.1) is 6.58 Å². The van der Waals surface area contributed by atoms with Gasteiger partial charge in [-0.05, 0) is 42.9 Å². The summed E-state index contributed by atoms with van der Waals surface area (Å²) >= 11 is 0. The van der Waals surface area contributed by atoms with E-state index in [0.717, 1.165) is 5.56 Å². The molecule has 2 aliphatic rings. The average molecular weight is 344 g/mol. The molecule has 3 atom stereocenters. The van der Waals surface area contributed by atoms with Crippen LogP contribution in [-0.4, -0.2) is 30.4 Å². The Morgan fingerprint density at radius 2 is 2.32 bits per heavy atom. The summed E-state index contributed by atoms with van der Waals surface area (Å²) in [6.45, 7) is 6.00. The van der Waals surface area contributed by atoms with Crippen LogP contribution in [0, 0.1) is 11.8 Å². The number of phenols is 1. The first kappa shape index (κ1) is 17.5. The molecule has 1 fully saturated rings. The lowest BCUT2D eigenvalue weighted by Gasteiger charge is -2.38. The molecule has 1 N–H and O–H groups in total. The van der Waals surface area contributed by atoms with Gasteiger partial charge in [0, 0.05) is 12.0 Å². The number of aromatic hydroxyl groups is 1. The van der Waals surface area contributed by atoms with E-state index >= 15 is 0 Å². The minimum absolute atomic E-state index is 0.0744. The number of ether oxygens (including phenoxy) is 3. The molecule has 134 valence electrons. The van der Waals surface area contributed by atoms with Gasteiger partial charge in [-0.1, -0.05) is 19.1 Å². The van der Waals surface area contributed by atoms with Gasteiger partial charge in [-0.3, -0.25) is 4.79 Å². The molecule has 0 amide bonds. The molecule has 0 radical (unpaired) electrons. The van der Waals surface area contributed by atoms with Crippen LogP contribution in [0.4, 0.5) is 0 Å². The van der Waals surface area contributed by atoms with E-state index in [9.17, 15) is 9.90 Å². The maximum absolute atomic E-state index is 12.3. The van der Waals surface area contributed by atoms with Crippen LogP contribution in [0.2, 0.25) is 0 Å². The van der Waals surface area contributed by atoms with Crippen molar-refractivity contribution in [1.82, 2.24) is 0 Å². The van der Waals surface area contributed by atoms with Gasteiger partial charge in [0.05, 0.1) is 7.11 Å². The molecular formula is C20H24O5. The number of rotatable bonds is 6. The predicted molar refractivity (Wildman–Crippen MR) is 93.3 cm³/mol. The van der Waals surface area contributed by atoms with Crippen LogP contribution in [-0.2, 0) is 20.7 Å². The smallest absolute Gasteiger partial charge is 0.189 e. The largest absolute Gasteiger partial charge is 0.504 e. The SMILES string of the molecule is C=CC[C@H]1C[C@]2(C(C)Cc3ccc(OC)c(O)c3)OCOC2=CC1=O. The second-order valence-corrected chi connectivity index (χ2v) is 6.74. The molecule has 1 heterocycles. The number of fused-ring (bicyclic) bond motifs is 1. The summed E-state index contributed by atoms with van der Waals surface area (Å²) in [5, 5.41) is 10.00. The summed E-state index contributed by atoms with van der Waals surface area (Å²) in [5.41, 5.74) is 0.379. The van der Waals surface area contributed by atoms with Crippen molar-refractivity contribution in [2.45, 2.75) is 31.8 Å². The van der Waals surface area contributed by atoms with Gasteiger partial charge < -0.3 is 19.3 Å². The Bertz CT molecular complexity index is 708. The van der Waals surface area contributed by atoms with Gasteiger partial charge >= 0.3 is 0 Å². The molecule has 0 spiro atoms. The third-order valence-corrected chi connectivity index (χ3v) is 5.21. The molecule has 5 heteroatoms. The number of carbonyl (C=O) groups excluding carboxylic acids is 1. The van der Waals surface area contributed by atoms with Gasteiger partial charge in [-0.2, -0.15) is 0 Å². The van der Waals surface area contributed by atoms with Crippen molar-refractivity contribution in [2.75, 3.05) is 13.9 Å². The summed E-state index contributed by atoms with van der Waals surface area (Å²) < 4.78 is 16.7. The Hall–Kier alpha value is -2.27. The lowest BCUT2D eigenvalue weighted by molar-refractivity contribution is -0.123. The molecule has 25 heavy (non-hydrogen) atoms. The van der Waals surface area contributed by atoms with Gasteiger partial charge in [0.2, 0.25) is 0 Å². The van der Waals surface area contributed by atoms with Crippen molar-refractivity contribution >= 4 is 5.78 Å². The van der Waals surface area contributed by atoms with Crippen molar-refractivity contribution < 1.29 is 24.1 Å². The van der Waals surface area contributed by atoms with E-state index in [4.69, 9.17) is 14.2 Å². The zero-order chi connectivity index (χ0) is 18.0. The van der Waals surface area contributed by atoms with Gasteiger partial charge in [-0.25, -0.2) is 0 Å². The van der Waals surface area contributed by atoms with Crippen molar-refractivity contribution in [3.8, 4) is 11.5 Å². The number of carbonyl (C=O) groups is 1. The summed E-state index contributed by atoms with van der Waals surface area (Å²) in [4.78, 5) is 12.3. The summed E-state index contributed by atoms with van der Waals surface area (Å²) in [6.07, 6.45) is 5.27. The normalized spacial score (nSPS) is 26.4. The zero-order valence-electron chi connectivity index (χ0n) is 14.7. The maximum atomic E-state index is 12.3. The predicted octanol–water partition coefficient (Wildman–Crippen LogP) is 3.37. The van der Waals surface area contributed by atoms with Crippen LogP contribution in [0.5, 0.6) is 11.5 Å². The number of phenolic OH excluding ortho intramolecular Hbond substituents is 1. The standard InChI is InChI=1S/C20H24O5/c1-4-5-15-11-20(19(10-16(15)21)24-12-25-20)13(2)8-14-6-7-18(23-3)17(22)9-14/h4,6-7,9-10,13,15,22H,1,5,8,11-12H2,2-3H3/t13?,15-,20+/m0/s1. The molecule has 1 aromatic rings. The van der Waals surface area contributed by atoms with Crippen LogP contribution in [0.15, 0.2) is 42.7 Å². The van der Waals surface area contributed by atoms with Crippen LogP contribution >= 0.6 is 0 Å². The van der Waals surface area contributed by atoms with Crippen molar-refractivity contribution in [2.24, 2.45) is 11.8 Å². The number of hydrogen-bond donors (Lipinski definition) is 1. The lowest BCUT2D eigenvalue weighted by Crippen LogP contribution is -2.44. The fraction of sp³-hybridized carbons (Fsp3) is 0.450. The highest BCUT2D eigenvalue weighted by Crippen LogP contribution is 2.46. The van der Waals surface area contributed by atoms with E-state index in [0.29, 0.717) is 30.8 Å². The van der Waals surface area contributed by atoms with E-state index in [1.165, 1.54) is 7.11 Å². The number of hydrogen-bond acceptors (Lipinski definition) is 5. The third-order valence-electron chi connectivity index (χ3n) is 5.21. The Labute approximate surface area is 147 Å². The molecule has 0 bridgehead atoms. The number of ketones is 1. The highest BCUT2D eigenvalue weighted by molar-refractivity contribution is 5.93. The van der Waals surface area contributed by atoms with Crippen molar-refractivity contribution in [1.29, 1.82) is 0 Å². The second-order valence-electron chi connectivity index (χ2n) is 6.74. The Morgan fingerprint density at radius 1 is 1.52 bits per heavy atom. The van der Waals surface area contributed by atoms with E-state index in [1.807, 2.05) is 6.07 Å². The highest BCUT2D eigenvalue weighted by atomic mass is 16.7. The summed E-state index contributed by atoms with van der Waals surface area (Å²) in [6, 6.07) is 5.39. The number of allylic oxidation sites excluding steroid dienone is 2. The first-order valence-electron chi connectivity index (χ1n) is 8.49. The van der Waals surface area contributed by atoms with E-state index < -0.39 is 5.60 Å². The second kappa shape index (κ2) is 6.92. The molecule has 0 saturated carbocycles. The lowest BCUT2D eigenvalue weighted by atomic mass is 9.71. The molecule has 1 aromatic carbocycles. The topological polar surface area (TPSA) is 65.0 Å². The summed E-state index contributed by atoms with van der Waals surface area (Å²) in [5.74, 6) is 1.22. The van der Waals surface area contributed by atoms with E-state index in [-0.39, 0.29) is 30.2 Å². The van der Waals surface area contributed by atoms with Gasteiger partial charge in [0.1, 0.15) is 11.4 Å². The maximum Gasteiger partial charge on any atom is 0.189 e. The summed E-state index contributed by atoms with van der Waals surface area (Å²) in [7, 11) is 1.52. The number of methoxy groups -OCH3 is 1. The molecular weight excluding hydrogens is 320 g/mol.